The first-order valence-electron chi connectivity index (χ1n) is 8.54. The van der Waals surface area contributed by atoms with E-state index in [2.05, 4.69) is 16.8 Å². The van der Waals surface area contributed by atoms with Crippen molar-refractivity contribution in [3.63, 3.8) is 0 Å². The van der Waals surface area contributed by atoms with E-state index in [1.807, 2.05) is 44.3 Å². The Kier molecular flexibility index (Phi) is 5.65. The fraction of sp³-hybridized carbons (Fsp3) is 0.474. The second-order valence-electron chi connectivity index (χ2n) is 6.24. The molecule has 24 heavy (non-hydrogen) atoms. The number of amides is 1. The van der Waals surface area contributed by atoms with Crippen molar-refractivity contribution in [1.82, 2.24) is 9.88 Å². The molecule has 1 aromatic heterocycles. The van der Waals surface area contributed by atoms with Crippen molar-refractivity contribution in [2.45, 2.75) is 58.5 Å². The van der Waals surface area contributed by atoms with Crippen molar-refractivity contribution in [1.29, 1.82) is 0 Å². The van der Waals surface area contributed by atoms with Gasteiger partial charge in [-0.15, -0.1) is 0 Å². The third-order valence-corrected chi connectivity index (χ3v) is 4.81. The van der Waals surface area contributed by atoms with Crippen LogP contribution in [0.2, 0.25) is 0 Å². The molecule has 1 amide bonds. The number of carboxylic acid groups (broad SMARTS) is 1. The van der Waals surface area contributed by atoms with Crippen LogP contribution in [0.25, 0.3) is 10.9 Å². The van der Waals surface area contributed by atoms with E-state index in [1.165, 1.54) is 0 Å². The molecule has 0 bridgehead atoms. The highest BCUT2D eigenvalue weighted by Crippen LogP contribution is 2.23. The van der Waals surface area contributed by atoms with E-state index in [1.54, 1.807) is 0 Å². The first kappa shape index (κ1) is 18.0. The van der Waals surface area contributed by atoms with Gasteiger partial charge in [-0.05, 0) is 31.4 Å². The molecule has 0 aliphatic rings. The minimum absolute atomic E-state index is 0.0531. The zero-order chi connectivity index (χ0) is 17.7. The van der Waals surface area contributed by atoms with Gasteiger partial charge in [0, 0.05) is 29.2 Å². The number of benzene rings is 1. The van der Waals surface area contributed by atoms with Crippen LogP contribution >= 0.6 is 0 Å². The highest BCUT2D eigenvalue weighted by Gasteiger charge is 2.31. The Morgan fingerprint density at radius 2 is 1.83 bits per heavy atom. The number of para-hydroxylation sites is 1. The van der Waals surface area contributed by atoms with Gasteiger partial charge in [-0.25, -0.2) is 0 Å². The van der Waals surface area contributed by atoms with Gasteiger partial charge in [-0.3, -0.25) is 9.59 Å². The molecule has 0 unspecified atom stereocenters. The zero-order valence-corrected chi connectivity index (χ0v) is 14.6. The van der Waals surface area contributed by atoms with Gasteiger partial charge in [-0.1, -0.05) is 32.0 Å². The van der Waals surface area contributed by atoms with Gasteiger partial charge in [-0.2, -0.15) is 0 Å². The third-order valence-electron chi connectivity index (χ3n) is 4.81. The van der Waals surface area contributed by atoms with E-state index in [0.29, 0.717) is 12.8 Å². The summed E-state index contributed by atoms with van der Waals surface area (Å²) in [4.78, 5) is 23.7. The topological polar surface area (TPSA) is 71.3 Å². The molecule has 0 fully saturated rings. The van der Waals surface area contributed by atoms with Crippen LogP contribution < -0.4 is 5.32 Å². The minimum Gasteiger partial charge on any atom is -0.481 e. The first-order chi connectivity index (χ1) is 11.4. The summed E-state index contributed by atoms with van der Waals surface area (Å²) >= 11 is 0. The number of nitrogens with one attached hydrogen (secondary N) is 1. The predicted octanol–water partition coefficient (Wildman–Crippen LogP) is 3.35. The monoisotopic (exact) mass is 330 g/mol. The lowest BCUT2D eigenvalue weighted by Crippen LogP contribution is -2.49. The lowest BCUT2D eigenvalue weighted by molar-refractivity contribution is -0.139. The van der Waals surface area contributed by atoms with Gasteiger partial charge >= 0.3 is 5.97 Å². The normalized spacial score (nSPS) is 11.6. The Hall–Kier alpha value is -2.30. The lowest BCUT2D eigenvalue weighted by Gasteiger charge is -2.31. The number of aliphatic carboxylic acids is 1. The molecule has 0 spiro atoms. The maximum absolute atomic E-state index is 12.6. The van der Waals surface area contributed by atoms with Gasteiger partial charge in [0.1, 0.15) is 0 Å². The summed E-state index contributed by atoms with van der Waals surface area (Å²) in [6.45, 7) is 6.74. The van der Waals surface area contributed by atoms with E-state index in [0.717, 1.165) is 23.0 Å². The highest BCUT2D eigenvalue weighted by molar-refractivity contribution is 5.89. The highest BCUT2D eigenvalue weighted by atomic mass is 16.4. The van der Waals surface area contributed by atoms with Crippen molar-refractivity contribution in [2.75, 3.05) is 0 Å². The molecule has 0 radical (unpaired) electrons. The number of nitrogens with zero attached hydrogens (tertiary/aromatic N) is 1. The van der Waals surface area contributed by atoms with Gasteiger partial charge in [0.05, 0.1) is 12.8 Å². The number of hydrogen-bond acceptors (Lipinski definition) is 2. The van der Waals surface area contributed by atoms with E-state index < -0.39 is 11.5 Å². The minimum atomic E-state index is -0.887. The van der Waals surface area contributed by atoms with Crippen molar-refractivity contribution in [2.24, 2.45) is 0 Å². The summed E-state index contributed by atoms with van der Waals surface area (Å²) in [5.41, 5.74) is 1.42. The van der Waals surface area contributed by atoms with Crippen LogP contribution in [0.3, 0.4) is 0 Å². The number of hydrogen-bond donors (Lipinski definition) is 2. The average molecular weight is 330 g/mol. The molecule has 0 aliphatic carbocycles. The zero-order valence-electron chi connectivity index (χ0n) is 14.6. The summed E-state index contributed by atoms with van der Waals surface area (Å²) < 4.78 is 2.13. The number of aromatic nitrogens is 1. The molecule has 2 aromatic rings. The van der Waals surface area contributed by atoms with Crippen LogP contribution in [0.5, 0.6) is 0 Å². The van der Waals surface area contributed by atoms with E-state index in [9.17, 15) is 9.59 Å². The fourth-order valence-corrected chi connectivity index (χ4v) is 3.25. The molecule has 1 aromatic carbocycles. The Morgan fingerprint density at radius 3 is 2.42 bits per heavy atom. The van der Waals surface area contributed by atoms with Crippen molar-refractivity contribution >= 4 is 22.8 Å². The Labute approximate surface area is 142 Å². The standard InChI is InChI=1S/C19H26N2O3/c1-4-19(5-2,12-18(23)24)20-17(22)11-14-13-21(6-3)16-10-8-7-9-15(14)16/h7-10,13H,4-6,11-12H2,1-3H3,(H,20,22)(H,23,24). The molecule has 0 atom stereocenters. The molecule has 0 saturated heterocycles. The van der Waals surface area contributed by atoms with Crippen molar-refractivity contribution < 1.29 is 14.7 Å². The van der Waals surface area contributed by atoms with Crippen LogP contribution in [0.15, 0.2) is 30.5 Å². The Bertz CT molecular complexity index is 729. The summed E-state index contributed by atoms with van der Waals surface area (Å²) in [7, 11) is 0. The van der Waals surface area contributed by atoms with Gasteiger partial charge in [0.2, 0.25) is 5.91 Å². The van der Waals surface area contributed by atoms with Crippen LogP contribution in [-0.2, 0) is 22.6 Å². The van der Waals surface area contributed by atoms with Crippen molar-refractivity contribution in [3.05, 3.63) is 36.0 Å². The Morgan fingerprint density at radius 1 is 1.17 bits per heavy atom. The smallest absolute Gasteiger partial charge is 0.305 e. The second kappa shape index (κ2) is 7.51. The molecule has 5 nitrogen and oxygen atoms in total. The number of rotatable bonds is 8. The number of carboxylic acids is 1. The summed E-state index contributed by atoms with van der Waals surface area (Å²) in [6.07, 6.45) is 3.41. The molecular weight excluding hydrogens is 304 g/mol. The van der Waals surface area contributed by atoms with Crippen LogP contribution in [0.1, 0.15) is 45.6 Å². The molecule has 2 rings (SSSR count). The van der Waals surface area contributed by atoms with Crippen LogP contribution in [0.4, 0.5) is 0 Å². The quantitative estimate of drug-likeness (QED) is 0.779. The number of carbonyl (C=O) groups excluding carboxylic acids is 1. The fourth-order valence-electron chi connectivity index (χ4n) is 3.25. The molecular formula is C19H26N2O3. The number of fused-ring (bicyclic) bond motifs is 1. The maximum atomic E-state index is 12.6. The Balaban J connectivity index is 2.22. The third kappa shape index (κ3) is 3.78. The van der Waals surface area contributed by atoms with Gasteiger partial charge in [0.25, 0.3) is 0 Å². The first-order valence-corrected chi connectivity index (χ1v) is 8.54. The van der Waals surface area contributed by atoms with Crippen molar-refractivity contribution in [3.8, 4) is 0 Å². The molecule has 5 heteroatoms. The molecule has 1 heterocycles. The van der Waals surface area contributed by atoms with Crippen LogP contribution in [0, 0.1) is 0 Å². The predicted molar refractivity (Wildman–Crippen MR) is 95.0 cm³/mol. The van der Waals surface area contributed by atoms with E-state index >= 15 is 0 Å². The molecule has 130 valence electrons. The van der Waals surface area contributed by atoms with Gasteiger partial charge < -0.3 is 15.0 Å². The lowest BCUT2D eigenvalue weighted by atomic mass is 9.88. The molecule has 2 N–H and O–H groups in total. The second-order valence-corrected chi connectivity index (χ2v) is 6.24. The van der Waals surface area contributed by atoms with E-state index in [4.69, 9.17) is 5.11 Å². The number of carbonyl (C=O) groups is 2. The van der Waals surface area contributed by atoms with Crippen LogP contribution in [-0.4, -0.2) is 27.1 Å². The molecule has 0 aliphatic heterocycles. The molecule has 0 saturated carbocycles. The SMILES string of the molecule is CCn1cc(CC(=O)NC(CC)(CC)CC(=O)O)c2ccccc21. The summed E-state index contributed by atoms with van der Waals surface area (Å²) in [6, 6.07) is 8.03. The summed E-state index contributed by atoms with van der Waals surface area (Å²) in [5.74, 6) is -1.01. The maximum Gasteiger partial charge on any atom is 0.305 e. The van der Waals surface area contributed by atoms with Gasteiger partial charge in [0.15, 0.2) is 0 Å². The number of aryl methyl sites for hydroxylation is 1. The average Bonchev–Trinajstić information content (AvgIpc) is 2.91. The largest absolute Gasteiger partial charge is 0.481 e. The van der Waals surface area contributed by atoms with E-state index in [-0.39, 0.29) is 18.7 Å². The summed E-state index contributed by atoms with van der Waals surface area (Å²) in [5, 5.41) is 13.2.